The quantitative estimate of drug-likeness (QED) is 0.571. The van der Waals surface area contributed by atoms with Crippen molar-refractivity contribution in [1.29, 1.82) is 0 Å². The maximum Gasteiger partial charge on any atom is 0.241 e. The van der Waals surface area contributed by atoms with Crippen molar-refractivity contribution < 1.29 is 4.79 Å². The van der Waals surface area contributed by atoms with Crippen molar-refractivity contribution in [3.63, 3.8) is 0 Å². The normalized spacial score (nSPS) is 21.6. The number of carbonyl (C=O) groups excluding carboxylic acids is 1. The topological polar surface area (TPSA) is 70.7 Å². The van der Waals surface area contributed by atoms with Gasteiger partial charge in [0.2, 0.25) is 5.91 Å². The molecule has 2 aliphatic rings. The Balaban J connectivity index is 1.70. The second-order valence-electron chi connectivity index (χ2n) is 5.32. The third-order valence-corrected chi connectivity index (χ3v) is 3.60. The molecule has 0 unspecified atom stereocenters. The Morgan fingerprint density at radius 1 is 1.22 bits per heavy atom. The van der Waals surface area contributed by atoms with Crippen molar-refractivity contribution in [2.45, 2.75) is 38.5 Å². The highest BCUT2D eigenvalue weighted by Crippen LogP contribution is 2.27. The number of carbonyl (C=O) groups is 1. The molecule has 1 amide bonds. The lowest BCUT2D eigenvalue weighted by Gasteiger charge is -2.20. The summed E-state index contributed by atoms with van der Waals surface area (Å²) in [4.78, 5) is 17.8. The van der Waals surface area contributed by atoms with Crippen LogP contribution in [0.1, 0.15) is 38.5 Å². The van der Waals surface area contributed by atoms with Crippen LogP contribution >= 0.6 is 0 Å². The molecule has 0 spiro atoms. The Labute approximate surface area is 109 Å². The number of nitrogens with two attached hydrogens (primary N) is 1. The minimum atomic E-state index is -0.0142. The summed E-state index contributed by atoms with van der Waals surface area (Å²) >= 11 is 0. The fourth-order valence-electron chi connectivity index (χ4n) is 2.19. The molecule has 2 rings (SSSR count). The van der Waals surface area contributed by atoms with Gasteiger partial charge in [0.15, 0.2) is 5.96 Å². The van der Waals surface area contributed by atoms with Crippen LogP contribution in [-0.4, -0.2) is 42.9 Å². The van der Waals surface area contributed by atoms with Gasteiger partial charge >= 0.3 is 0 Å². The van der Waals surface area contributed by atoms with Crippen LogP contribution in [0, 0.1) is 5.92 Å². The Morgan fingerprint density at radius 2 is 1.89 bits per heavy atom. The minimum absolute atomic E-state index is 0.0142. The molecule has 2 fully saturated rings. The van der Waals surface area contributed by atoms with Gasteiger partial charge in [0, 0.05) is 19.6 Å². The van der Waals surface area contributed by atoms with E-state index in [1.165, 1.54) is 38.5 Å². The highest BCUT2D eigenvalue weighted by molar-refractivity contribution is 5.84. The summed E-state index contributed by atoms with van der Waals surface area (Å²) in [6, 6.07) is 0. The van der Waals surface area contributed by atoms with E-state index in [1.807, 2.05) is 0 Å². The van der Waals surface area contributed by atoms with Crippen LogP contribution in [0.2, 0.25) is 0 Å². The SMILES string of the molecule is NC(=NCC(=O)NCC1CC1)N1CCCCCC1. The zero-order valence-corrected chi connectivity index (χ0v) is 11.0. The first-order valence-electron chi connectivity index (χ1n) is 7.07. The number of hydrogen-bond acceptors (Lipinski definition) is 2. The fraction of sp³-hybridized carbons (Fsp3) is 0.846. The summed E-state index contributed by atoms with van der Waals surface area (Å²) in [5, 5.41) is 2.90. The largest absolute Gasteiger partial charge is 0.370 e. The molecule has 1 aliphatic heterocycles. The van der Waals surface area contributed by atoms with Crippen LogP contribution in [0.4, 0.5) is 0 Å². The van der Waals surface area contributed by atoms with Gasteiger partial charge in [-0.15, -0.1) is 0 Å². The smallest absolute Gasteiger partial charge is 0.241 e. The van der Waals surface area contributed by atoms with Crippen LogP contribution in [-0.2, 0) is 4.79 Å². The van der Waals surface area contributed by atoms with E-state index in [-0.39, 0.29) is 12.5 Å². The Kier molecular flexibility index (Phi) is 4.84. The van der Waals surface area contributed by atoms with Gasteiger partial charge in [-0.25, -0.2) is 4.99 Å². The van der Waals surface area contributed by atoms with E-state index in [2.05, 4.69) is 15.2 Å². The van der Waals surface area contributed by atoms with Crippen LogP contribution in [0.25, 0.3) is 0 Å². The summed E-state index contributed by atoms with van der Waals surface area (Å²) in [7, 11) is 0. The van der Waals surface area contributed by atoms with Crippen LogP contribution in [0.5, 0.6) is 0 Å². The highest BCUT2D eigenvalue weighted by atomic mass is 16.1. The molecule has 3 N–H and O–H groups in total. The molecular formula is C13H24N4O. The molecule has 18 heavy (non-hydrogen) atoms. The van der Waals surface area contributed by atoms with E-state index in [4.69, 9.17) is 5.73 Å². The average Bonchev–Trinajstić information content (AvgIpc) is 3.19. The molecule has 102 valence electrons. The first-order valence-corrected chi connectivity index (χ1v) is 7.07. The number of guanidine groups is 1. The molecule has 0 aromatic carbocycles. The van der Waals surface area contributed by atoms with Gasteiger partial charge in [-0.2, -0.15) is 0 Å². The number of rotatable bonds is 4. The van der Waals surface area contributed by atoms with E-state index in [1.54, 1.807) is 0 Å². The van der Waals surface area contributed by atoms with E-state index >= 15 is 0 Å². The van der Waals surface area contributed by atoms with Gasteiger partial charge in [0.25, 0.3) is 0 Å². The van der Waals surface area contributed by atoms with Crippen LogP contribution in [0.3, 0.4) is 0 Å². The predicted octanol–water partition coefficient (Wildman–Crippen LogP) is 0.703. The molecule has 0 radical (unpaired) electrons. The number of nitrogens with zero attached hydrogens (tertiary/aromatic N) is 2. The lowest BCUT2D eigenvalue weighted by Crippen LogP contribution is -2.39. The molecule has 1 aliphatic carbocycles. The Bertz CT molecular complexity index is 304. The number of amides is 1. The molecule has 0 atom stereocenters. The van der Waals surface area contributed by atoms with Crippen molar-refractivity contribution >= 4 is 11.9 Å². The summed E-state index contributed by atoms with van der Waals surface area (Å²) in [6.45, 7) is 2.91. The second-order valence-corrected chi connectivity index (χ2v) is 5.32. The van der Waals surface area contributed by atoms with Gasteiger partial charge < -0.3 is 16.0 Å². The standard InChI is InChI=1S/C13H24N4O/c14-13(17-7-3-1-2-4-8-17)16-10-12(18)15-9-11-5-6-11/h11H,1-10H2,(H2,14,16)(H,15,18). The van der Waals surface area contributed by atoms with E-state index in [0.717, 1.165) is 19.6 Å². The minimum Gasteiger partial charge on any atom is -0.370 e. The third-order valence-electron chi connectivity index (χ3n) is 3.60. The van der Waals surface area contributed by atoms with E-state index < -0.39 is 0 Å². The Morgan fingerprint density at radius 3 is 2.50 bits per heavy atom. The third kappa shape index (κ3) is 4.55. The summed E-state index contributed by atoms with van der Waals surface area (Å²) in [5.74, 6) is 1.22. The first kappa shape index (κ1) is 13.2. The van der Waals surface area contributed by atoms with Gasteiger partial charge in [-0.1, -0.05) is 12.8 Å². The van der Waals surface area contributed by atoms with E-state index in [9.17, 15) is 4.79 Å². The molecule has 0 aromatic heterocycles. The van der Waals surface area contributed by atoms with Crippen molar-refractivity contribution in [1.82, 2.24) is 10.2 Å². The van der Waals surface area contributed by atoms with Crippen LogP contribution in [0.15, 0.2) is 4.99 Å². The average molecular weight is 252 g/mol. The van der Waals surface area contributed by atoms with Gasteiger partial charge in [0.05, 0.1) is 0 Å². The van der Waals surface area contributed by atoms with Gasteiger partial charge in [-0.05, 0) is 31.6 Å². The van der Waals surface area contributed by atoms with Gasteiger partial charge in [-0.3, -0.25) is 4.79 Å². The number of aliphatic imine (C=N–C) groups is 1. The van der Waals surface area contributed by atoms with Gasteiger partial charge in [0.1, 0.15) is 6.54 Å². The van der Waals surface area contributed by atoms with Crippen molar-refractivity contribution in [3.05, 3.63) is 0 Å². The highest BCUT2D eigenvalue weighted by Gasteiger charge is 2.21. The lowest BCUT2D eigenvalue weighted by molar-refractivity contribution is -0.119. The monoisotopic (exact) mass is 252 g/mol. The molecule has 1 saturated carbocycles. The summed E-state index contributed by atoms with van der Waals surface area (Å²) in [5.41, 5.74) is 5.93. The second kappa shape index (κ2) is 6.61. The predicted molar refractivity (Wildman–Crippen MR) is 72.3 cm³/mol. The zero-order valence-electron chi connectivity index (χ0n) is 11.0. The van der Waals surface area contributed by atoms with Crippen molar-refractivity contribution in [2.75, 3.05) is 26.2 Å². The number of likely N-dealkylation sites (tertiary alicyclic amines) is 1. The molecule has 5 nitrogen and oxygen atoms in total. The lowest BCUT2D eigenvalue weighted by atomic mass is 10.2. The van der Waals surface area contributed by atoms with E-state index in [0.29, 0.717) is 11.9 Å². The number of hydrogen-bond donors (Lipinski definition) is 2. The molecule has 1 heterocycles. The van der Waals surface area contributed by atoms with Crippen molar-refractivity contribution in [3.8, 4) is 0 Å². The first-order chi connectivity index (χ1) is 8.75. The molecule has 0 bridgehead atoms. The molecule has 1 saturated heterocycles. The fourth-order valence-corrected chi connectivity index (χ4v) is 2.19. The molecule has 0 aromatic rings. The number of nitrogens with one attached hydrogen (secondary N) is 1. The maximum absolute atomic E-state index is 11.5. The molecule has 5 heteroatoms. The summed E-state index contributed by atoms with van der Waals surface area (Å²) < 4.78 is 0. The molecular weight excluding hydrogens is 228 g/mol. The van der Waals surface area contributed by atoms with Crippen LogP contribution < -0.4 is 11.1 Å². The Hall–Kier alpha value is -1.26. The van der Waals surface area contributed by atoms with Crippen molar-refractivity contribution in [2.24, 2.45) is 16.6 Å². The maximum atomic E-state index is 11.5. The zero-order chi connectivity index (χ0) is 12.8. The summed E-state index contributed by atoms with van der Waals surface area (Å²) in [6.07, 6.45) is 7.38.